The predicted molar refractivity (Wildman–Crippen MR) is 116 cm³/mol. The second-order valence-corrected chi connectivity index (χ2v) is 10.0. The van der Waals surface area contributed by atoms with Crippen LogP contribution in [0.5, 0.6) is 0 Å². The second kappa shape index (κ2) is 16.4. The third kappa shape index (κ3) is 14.9. The highest BCUT2D eigenvalue weighted by Crippen LogP contribution is 2.21. The van der Waals surface area contributed by atoms with Crippen LogP contribution < -0.4 is 0 Å². The summed E-state index contributed by atoms with van der Waals surface area (Å²) in [5.74, 6) is 22.0. The highest BCUT2D eigenvalue weighted by Gasteiger charge is 2.19. The summed E-state index contributed by atoms with van der Waals surface area (Å²) in [5, 5.41) is 0. The average molecular weight is 356 g/mol. The summed E-state index contributed by atoms with van der Waals surface area (Å²) in [7, 11) is -0.459. The Kier molecular flexibility index (Phi) is 15.6. The molecule has 0 heterocycles. The Morgan fingerprint density at radius 3 is 1.08 bits per heavy atom. The smallest absolute Gasteiger partial charge is 0.0516 e. The van der Waals surface area contributed by atoms with Gasteiger partial charge in [-0.05, 0) is 37.4 Å². The summed E-state index contributed by atoms with van der Waals surface area (Å²) in [4.78, 5) is 0. The van der Waals surface area contributed by atoms with Crippen molar-refractivity contribution in [2.24, 2.45) is 17.8 Å². The normalized spacial score (nSPS) is 13.6. The van der Waals surface area contributed by atoms with E-state index in [9.17, 15) is 0 Å². The minimum absolute atomic E-state index is 0.459. The minimum Gasteiger partial charge on any atom is -0.103 e. The van der Waals surface area contributed by atoms with Crippen molar-refractivity contribution in [3.05, 3.63) is 0 Å². The molecular formula is C24H39Si. The highest BCUT2D eigenvalue weighted by molar-refractivity contribution is 6.59. The number of hydrogen-bond donors (Lipinski definition) is 0. The van der Waals surface area contributed by atoms with Gasteiger partial charge in [0, 0.05) is 37.0 Å². The summed E-state index contributed by atoms with van der Waals surface area (Å²) in [5.41, 5.74) is 0. The largest absolute Gasteiger partial charge is 0.103 e. The van der Waals surface area contributed by atoms with E-state index in [2.05, 4.69) is 77.1 Å². The van der Waals surface area contributed by atoms with Gasteiger partial charge in [-0.25, -0.2) is 0 Å². The summed E-state index contributed by atoms with van der Waals surface area (Å²) in [6.07, 6.45) is 6.57. The molecule has 3 unspecified atom stereocenters. The minimum atomic E-state index is -0.459. The standard InChI is InChI=1S/C24H39Si/c1-7-10-13-16-22(4)19-25(20-23(5)17-14-11-8-2)21-24(6)18-15-12-9-3/h22-24H,7-12,19-21H2,1-6H3. The lowest BCUT2D eigenvalue weighted by Gasteiger charge is -2.20. The summed E-state index contributed by atoms with van der Waals surface area (Å²) < 4.78 is 0. The van der Waals surface area contributed by atoms with Gasteiger partial charge in [-0.15, -0.1) is 35.5 Å². The molecule has 0 nitrogen and oxygen atoms in total. The van der Waals surface area contributed by atoms with Crippen molar-refractivity contribution in [1.29, 1.82) is 0 Å². The van der Waals surface area contributed by atoms with Crippen LogP contribution in [0.25, 0.3) is 0 Å². The van der Waals surface area contributed by atoms with E-state index < -0.39 is 8.80 Å². The lowest BCUT2D eigenvalue weighted by molar-refractivity contribution is 0.767. The van der Waals surface area contributed by atoms with Crippen molar-refractivity contribution < 1.29 is 0 Å². The van der Waals surface area contributed by atoms with Crippen molar-refractivity contribution in [3.63, 3.8) is 0 Å². The van der Waals surface area contributed by atoms with Gasteiger partial charge >= 0.3 is 0 Å². The molecule has 1 radical (unpaired) electrons. The van der Waals surface area contributed by atoms with E-state index in [0.717, 1.165) is 38.5 Å². The molecule has 139 valence electrons. The molecule has 0 aliphatic rings. The topological polar surface area (TPSA) is 0 Å². The Hall–Kier alpha value is -1.10. The first-order chi connectivity index (χ1) is 12.0. The maximum atomic E-state index is 3.47. The van der Waals surface area contributed by atoms with Crippen LogP contribution in [0.15, 0.2) is 0 Å². The lowest BCUT2D eigenvalue weighted by atomic mass is 10.2. The first-order valence-corrected chi connectivity index (χ1v) is 12.4. The molecule has 0 spiro atoms. The summed E-state index contributed by atoms with van der Waals surface area (Å²) in [6.45, 7) is 13.5. The molecule has 0 saturated carbocycles. The van der Waals surface area contributed by atoms with Gasteiger partial charge in [-0.1, -0.05) is 41.5 Å². The van der Waals surface area contributed by atoms with Crippen LogP contribution in [0.3, 0.4) is 0 Å². The van der Waals surface area contributed by atoms with Crippen LogP contribution in [0.1, 0.15) is 80.1 Å². The summed E-state index contributed by atoms with van der Waals surface area (Å²) >= 11 is 0. The van der Waals surface area contributed by atoms with Gasteiger partial charge in [0.25, 0.3) is 0 Å². The Balaban J connectivity index is 4.79. The maximum absolute atomic E-state index is 3.47. The molecule has 0 aromatic heterocycles. The zero-order valence-corrected chi connectivity index (χ0v) is 18.6. The zero-order valence-electron chi connectivity index (χ0n) is 17.6. The van der Waals surface area contributed by atoms with Crippen LogP contribution >= 0.6 is 0 Å². The molecule has 25 heavy (non-hydrogen) atoms. The van der Waals surface area contributed by atoms with Crippen LogP contribution in [0, 0.1) is 53.3 Å². The molecule has 0 saturated heterocycles. The Morgan fingerprint density at radius 2 is 0.840 bits per heavy atom. The molecule has 0 amide bonds. The molecule has 0 N–H and O–H groups in total. The molecule has 1 heteroatoms. The number of unbranched alkanes of at least 4 members (excludes halogenated alkanes) is 3. The van der Waals surface area contributed by atoms with E-state index in [1.54, 1.807) is 0 Å². The van der Waals surface area contributed by atoms with Crippen molar-refractivity contribution in [1.82, 2.24) is 0 Å². The first kappa shape index (κ1) is 23.9. The third-order valence-corrected chi connectivity index (χ3v) is 7.52. The molecule has 3 atom stereocenters. The van der Waals surface area contributed by atoms with Crippen molar-refractivity contribution in [3.8, 4) is 35.5 Å². The van der Waals surface area contributed by atoms with Gasteiger partial charge < -0.3 is 0 Å². The van der Waals surface area contributed by atoms with Gasteiger partial charge in [0.1, 0.15) is 0 Å². The van der Waals surface area contributed by atoms with Crippen molar-refractivity contribution >= 4 is 8.80 Å². The quantitative estimate of drug-likeness (QED) is 0.315. The monoisotopic (exact) mass is 355 g/mol. The third-order valence-electron chi connectivity index (χ3n) is 3.95. The Morgan fingerprint density at radius 1 is 0.560 bits per heavy atom. The Labute approximate surface area is 160 Å². The fraction of sp³-hybridized carbons (Fsp3) is 0.750. The fourth-order valence-electron chi connectivity index (χ4n) is 2.82. The highest BCUT2D eigenvalue weighted by atomic mass is 28.3. The molecule has 0 aliphatic heterocycles. The van der Waals surface area contributed by atoms with Gasteiger partial charge in [-0.3, -0.25) is 0 Å². The van der Waals surface area contributed by atoms with Gasteiger partial charge in [0.05, 0.1) is 8.80 Å². The van der Waals surface area contributed by atoms with Crippen molar-refractivity contribution in [2.75, 3.05) is 0 Å². The van der Waals surface area contributed by atoms with E-state index in [1.807, 2.05) is 0 Å². The molecule has 0 bridgehead atoms. The van der Waals surface area contributed by atoms with E-state index in [4.69, 9.17) is 0 Å². The van der Waals surface area contributed by atoms with E-state index in [-0.39, 0.29) is 0 Å². The maximum Gasteiger partial charge on any atom is 0.0516 e. The van der Waals surface area contributed by atoms with Gasteiger partial charge in [-0.2, -0.15) is 0 Å². The van der Waals surface area contributed by atoms with Gasteiger partial charge in [0.2, 0.25) is 0 Å². The van der Waals surface area contributed by atoms with E-state index in [0.29, 0.717) is 17.8 Å². The molecule has 0 aliphatic carbocycles. The van der Waals surface area contributed by atoms with Crippen molar-refractivity contribution in [2.45, 2.75) is 98.2 Å². The first-order valence-electron chi connectivity index (χ1n) is 10.3. The molecular weight excluding hydrogens is 316 g/mol. The zero-order chi connectivity index (χ0) is 18.9. The average Bonchev–Trinajstić information content (AvgIpc) is 2.55. The number of rotatable bonds is 9. The fourth-order valence-corrected chi connectivity index (χ4v) is 6.22. The predicted octanol–water partition coefficient (Wildman–Crippen LogP) is 6.80. The molecule has 0 fully saturated rings. The van der Waals surface area contributed by atoms with Crippen LogP contribution in [-0.4, -0.2) is 8.80 Å². The molecule has 0 rings (SSSR count). The van der Waals surface area contributed by atoms with Crippen LogP contribution in [-0.2, 0) is 0 Å². The Bertz CT molecular complexity index is 423. The SMILES string of the molecule is CCCC#CC(C)C[Si](CC(C)C#CCCC)CC(C)C#CCCC. The number of hydrogen-bond acceptors (Lipinski definition) is 0. The molecule has 0 aromatic rings. The summed E-state index contributed by atoms with van der Waals surface area (Å²) in [6, 6.07) is 3.84. The second-order valence-electron chi connectivity index (χ2n) is 7.28. The van der Waals surface area contributed by atoms with E-state index in [1.165, 1.54) is 18.1 Å². The van der Waals surface area contributed by atoms with Crippen LogP contribution in [0.4, 0.5) is 0 Å². The van der Waals surface area contributed by atoms with Crippen LogP contribution in [0.2, 0.25) is 18.1 Å². The van der Waals surface area contributed by atoms with E-state index >= 15 is 0 Å². The lowest BCUT2D eigenvalue weighted by Crippen LogP contribution is -2.21. The van der Waals surface area contributed by atoms with Gasteiger partial charge in [0.15, 0.2) is 0 Å². The molecule has 0 aromatic carbocycles.